The molecule has 2 heterocycles. The van der Waals surface area contributed by atoms with Gasteiger partial charge in [-0.2, -0.15) is 5.10 Å². The Hall–Kier alpha value is -2.44. The van der Waals surface area contributed by atoms with Crippen molar-refractivity contribution in [2.45, 2.75) is 13.5 Å². The lowest BCUT2D eigenvalue weighted by Gasteiger charge is -2.34. The van der Waals surface area contributed by atoms with Crippen molar-refractivity contribution in [3.63, 3.8) is 0 Å². The number of piperazine rings is 1. The van der Waals surface area contributed by atoms with E-state index in [9.17, 15) is 4.79 Å². The zero-order valence-corrected chi connectivity index (χ0v) is 14.5. The van der Waals surface area contributed by atoms with Crippen LogP contribution in [0.3, 0.4) is 0 Å². The Bertz CT molecular complexity index is 689. The highest BCUT2D eigenvalue weighted by molar-refractivity contribution is 5.96. The van der Waals surface area contributed by atoms with Crippen LogP contribution in [-0.4, -0.2) is 54.1 Å². The van der Waals surface area contributed by atoms with Gasteiger partial charge < -0.3 is 4.42 Å². The minimum Gasteiger partial charge on any atom is -0.463 e. The number of hydrazone groups is 1. The number of furan rings is 1. The van der Waals surface area contributed by atoms with Crippen LogP contribution in [0.2, 0.25) is 0 Å². The summed E-state index contributed by atoms with van der Waals surface area (Å²) >= 11 is 0. The van der Waals surface area contributed by atoms with Crippen LogP contribution in [0.15, 0.2) is 58.2 Å². The molecule has 0 unspecified atom stereocenters. The Morgan fingerprint density at radius 1 is 1.08 bits per heavy atom. The SMILES string of the molecule is C/C(=N/NC(=O)CN1CCN(Cc2ccccc2)CC1)c1ccco1. The van der Waals surface area contributed by atoms with E-state index in [1.165, 1.54) is 5.56 Å². The van der Waals surface area contributed by atoms with Crippen LogP contribution in [0, 0.1) is 0 Å². The molecule has 3 rings (SSSR count). The molecule has 0 bridgehead atoms. The highest BCUT2D eigenvalue weighted by atomic mass is 16.3. The van der Waals surface area contributed by atoms with Gasteiger partial charge in [-0.05, 0) is 24.6 Å². The average Bonchev–Trinajstić information content (AvgIpc) is 3.17. The average molecular weight is 340 g/mol. The first-order valence-electron chi connectivity index (χ1n) is 8.56. The summed E-state index contributed by atoms with van der Waals surface area (Å²) in [6, 6.07) is 14.1. The van der Waals surface area contributed by atoms with Gasteiger partial charge in [0.2, 0.25) is 0 Å². The van der Waals surface area contributed by atoms with Crippen molar-refractivity contribution in [2.24, 2.45) is 5.10 Å². The number of benzene rings is 1. The second kappa shape index (κ2) is 8.60. The summed E-state index contributed by atoms with van der Waals surface area (Å²) in [7, 11) is 0. The molecule has 1 aliphatic rings. The van der Waals surface area contributed by atoms with Crippen LogP contribution >= 0.6 is 0 Å². The summed E-state index contributed by atoms with van der Waals surface area (Å²) in [6.07, 6.45) is 1.59. The number of nitrogens with zero attached hydrogens (tertiary/aromatic N) is 3. The summed E-state index contributed by atoms with van der Waals surface area (Å²) in [5, 5.41) is 4.09. The smallest absolute Gasteiger partial charge is 0.254 e. The number of hydrogen-bond acceptors (Lipinski definition) is 5. The Morgan fingerprint density at radius 3 is 2.48 bits per heavy atom. The molecule has 25 heavy (non-hydrogen) atoms. The van der Waals surface area contributed by atoms with Gasteiger partial charge in [0.1, 0.15) is 11.5 Å². The third kappa shape index (κ3) is 5.27. The number of nitrogens with one attached hydrogen (secondary N) is 1. The first-order chi connectivity index (χ1) is 12.2. The molecular formula is C19H24N4O2. The first kappa shape index (κ1) is 17.4. The molecule has 6 nitrogen and oxygen atoms in total. The molecule has 1 fully saturated rings. The number of carbonyl (C=O) groups is 1. The molecule has 0 spiro atoms. The van der Waals surface area contributed by atoms with Crippen molar-refractivity contribution in [2.75, 3.05) is 32.7 Å². The van der Waals surface area contributed by atoms with Gasteiger partial charge in [-0.15, -0.1) is 0 Å². The number of rotatable bonds is 6. The van der Waals surface area contributed by atoms with Gasteiger partial charge in [0.05, 0.1) is 12.8 Å². The topological polar surface area (TPSA) is 61.1 Å². The molecule has 1 aromatic heterocycles. The van der Waals surface area contributed by atoms with Crippen LogP contribution in [0.1, 0.15) is 18.2 Å². The van der Waals surface area contributed by atoms with Gasteiger partial charge in [-0.3, -0.25) is 14.6 Å². The third-order valence-corrected chi connectivity index (χ3v) is 4.31. The third-order valence-electron chi connectivity index (χ3n) is 4.31. The predicted molar refractivity (Wildman–Crippen MR) is 97.2 cm³/mol. The van der Waals surface area contributed by atoms with E-state index in [4.69, 9.17) is 4.42 Å². The fraction of sp³-hybridized carbons (Fsp3) is 0.368. The Kier molecular flexibility index (Phi) is 5.98. The Balaban J connectivity index is 1.40. The fourth-order valence-electron chi connectivity index (χ4n) is 2.87. The van der Waals surface area contributed by atoms with Gasteiger partial charge in [0, 0.05) is 32.7 Å². The van der Waals surface area contributed by atoms with Gasteiger partial charge in [-0.1, -0.05) is 30.3 Å². The number of amides is 1. The molecule has 6 heteroatoms. The lowest BCUT2D eigenvalue weighted by molar-refractivity contribution is -0.122. The number of hydrogen-bond donors (Lipinski definition) is 1. The van der Waals surface area contributed by atoms with Gasteiger partial charge in [-0.25, -0.2) is 5.43 Å². The first-order valence-corrected chi connectivity index (χ1v) is 8.56. The van der Waals surface area contributed by atoms with Crippen LogP contribution in [0.4, 0.5) is 0 Å². The minimum absolute atomic E-state index is 0.0950. The normalized spacial score (nSPS) is 16.8. The quantitative estimate of drug-likeness (QED) is 0.645. The van der Waals surface area contributed by atoms with E-state index in [0.717, 1.165) is 32.7 Å². The van der Waals surface area contributed by atoms with Crippen LogP contribution in [0.25, 0.3) is 0 Å². The molecule has 1 amide bonds. The molecule has 0 saturated carbocycles. The van der Waals surface area contributed by atoms with Crippen molar-refractivity contribution in [3.8, 4) is 0 Å². The van der Waals surface area contributed by atoms with E-state index >= 15 is 0 Å². The standard InChI is InChI=1S/C19H24N4O2/c1-16(18-8-5-13-25-18)20-21-19(24)15-23-11-9-22(10-12-23)14-17-6-3-2-4-7-17/h2-8,13H,9-12,14-15H2,1H3,(H,21,24)/b20-16-. The largest absolute Gasteiger partial charge is 0.463 e. The van der Waals surface area contributed by atoms with Gasteiger partial charge in [0.25, 0.3) is 5.91 Å². The van der Waals surface area contributed by atoms with Crippen molar-refractivity contribution in [3.05, 3.63) is 60.1 Å². The molecule has 0 aliphatic carbocycles. The predicted octanol–water partition coefficient (Wildman–Crippen LogP) is 1.94. The molecule has 1 aliphatic heterocycles. The maximum atomic E-state index is 12.1. The maximum absolute atomic E-state index is 12.1. The zero-order valence-electron chi connectivity index (χ0n) is 14.5. The maximum Gasteiger partial charge on any atom is 0.254 e. The van der Waals surface area contributed by atoms with E-state index in [0.29, 0.717) is 18.0 Å². The Morgan fingerprint density at radius 2 is 1.80 bits per heavy atom. The van der Waals surface area contributed by atoms with Crippen molar-refractivity contribution >= 4 is 11.6 Å². The molecule has 1 saturated heterocycles. The second-order valence-electron chi connectivity index (χ2n) is 6.25. The lowest BCUT2D eigenvalue weighted by Crippen LogP contribution is -2.48. The summed E-state index contributed by atoms with van der Waals surface area (Å²) in [4.78, 5) is 16.6. The Labute approximate surface area is 148 Å². The van der Waals surface area contributed by atoms with E-state index in [2.05, 4.69) is 44.6 Å². The van der Waals surface area contributed by atoms with E-state index < -0.39 is 0 Å². The molecule has 132 valence electrons. The molecule has 1 N–H and O–H groups in total. The lowest BCUT2D eigenvalue weighted by atomic mass is 10.2. The minimum atomic E-state index is -0.0950. The molecule has 0 atom stereocenters. The summed E-state index contributed by atoms with van der Waals surface area (Å²) < 4.78 is 5.24. The van der Waals surface area contributed by atoms with Crippen LogP contribution < -0.4 is 5.43 Å². The van der Waals surface area contributed by atoms with Crippen molar-refractivity contribution in [1.82, 2.24) is 15.2 Å². The summed E-state index contributed by atoms with van der Waals surface area (Å²) in [5.74, 6) is 0.567. The van der Waals surface area contributed by atoms with E-state index in [1.807, 2.05) is 19.1 Å². The zero-order chi connectivity index (χ0) is 17.5. The van der Waals surface area contributed by atoms with Gasteiger partial charge >= 0.3 is 0 Å². The second-order valence-corrected chi connectivity index (χ2v) is 6.25. The van der Waals surface area contributed by atoms with Crippen LogP contribution in [0.5, 0.6) is 0 Å². The van der Waals surface area contributed by atoms with Crippen molar-refractivity contribution in [1.29, 1.82) is 0 Å². The summed E-state index contributed by atoms with van der Waals surface area (Å²) in [5.41, 5.74) is 4.59. The monoisotopic (exact) mass is 340 g/mol. The van der Waals surface area contributed by atoms with Crippen molar-refractivity contribution < 1.29 is 9.21 Å². The fourth-order valence-corrected chi connectivity index (χ4v) is 2.87. The summed E-state index contributed by atoms with van der Waals surface area (Å²) in [6.45, 7) is 6.86. The molecule has 0 radical (unpaired) electrons. The highest BCUT2D eigenvalue weighted by Gasteiger charge is 2.18. The van der Waals surface area contributed by atoms with E-state index in [1.54, 1.807) is 12.3 Å². The molecular weight excluding hydrogens is 316 g/mol. The van der Waals surface area contributed by atoms with Gasteiger partial charge in [0.15, 0.2) is 0 Å². The number of carbonyl (C=O) groups excluding carboxylic acids is 1. The molecule has 1 aromatic carbocycles. The van der Waals surface area contributed by atoms with Crippen LogP contribution in [-0.2, 0) is 11.3 Å². The van der Waals surface area contributed by atoms with E-state index in [-0.39, 0.29) is 5.91 Å². The molecule has 2 aromatic rings. The highest BCUT2D eigenvalue weighted by Crippen LogP contribution is 2.08.